The van der Waals surface area contributed by atoms with Crippen LogP contribution in [0.15, 0.2) is 40.0 Å². The van der Waals surface area contributed by atoms with Crippen molar-refractivity contribution in [2.45, 2.75) is 18.9 Å². The van der Waals surface area contributed by atoms with E-state index in [0.29, 0.717) is 41.7 Å². The Balaban J connectivity index is 1.33. The molecule has 1 fully saturated rings. The molecule has 0 bridgehead atoms. The number of likely N-dealkylation sites (tertiary alicyclic amines) is 1. The molecule has 1 aliphatic heterocycles. The summed E-state index contributed by atoms with van der Waals surface area (Å²) >= 11 is 2.92. The smallest absolute Gasteiger partial charge is 0.287 e. The molecule has 3 aromatic heterocycles. The van der Waals surface area contributed by atoms with Crippen LogP contribution in [0.1, 0.15) is 29.2 Å². The third kappa shape index (κ3) is 2.83. The van der Waals surface area contributed by atoms with Gasteiger partial charge in [-0.2, -0.15) is 0 Å². The van der Waals surface area contributed by atoms with Crippen molar-refractivity contribution in [2.24, 2.45) is 0 Å². The molecule has 4 aromatic rings. The Hall–Kier alpha value is -2.65. The van der Waals surface area contributed by atoms with Crippen LogP contribution in [0.2, 0.25) is 0 Å². The summed E-state index contributed by atoms with van der Waals surface area (Å²) in [5.41, 5.74) is 3.94. The van der Waals surface area contributed by atoms with Crippen LogP contribution >= 0.6 is 22.7 Å². The first-order valence-corrected chi connectivity index (χ1v) is 10.4. The number of benzene rings is 1. The number of piperidine rings is 1. The Bertz CT molecular complexity index is 1200. The molecule has 0 spiro atoms. The van der Waals surface area contributed by atoms with Crippen molar-refractivity contribution in [1.29, 1.82) is 0 Å². The van der Waals surface area contributed by atoms with Crippen molar-refractivity contribution in [1.82, 2.24) is 24.9 Å². The lowest BCUT2D eigenvalue weighted by Crippen LogP contribution is -2.41. The van der Waals surface area contributed by atoms with E-state index in [-0.39, 0.29) is 17.5 Å². The average molecular weight is 397 g/mol. The standard InChI is InChI=1S/C18H15N5O2S2/c24-17(11-1-2-13-15(9-11)27-10-19-13)22-6-3-12(4-7-22)23-18(25)16-14(20-21-23)5-8-26-16/h1-2,5,8-10,12H,3-4,6-7H2. The van der Waals surface area contributed by atoms with E-state index in [1.807, 2.05) is 28.5 Å². The number of carbonyl (C=O) groups is 1. The first kappa shape index (κ1) is 16.5. The number of rotatable bonds is 2. The predicted octanol–water partition coefficient (Wildman–Crippen LogP) is 2.94. The van der Waals surface area contributed by atoms with E-state index >= 15 is 0 Å². The van der Waals surface area contributed by atoms with Gasteiger partial charge in [-0.25, -0.2) is 9.67 Å². The second kappa shape index (κ2) is 6.50. The third-order valence-electron chi connectivity index (χ3n) is 4.97. The first-order valence-electron chi connectivity index (χ1n) is 8.66. The van der Waals surface area contributed by atoms with Crippen LogP contribution in [0, 0.1) is 0 Å². The molecule has 4 heterocycles. The lowest BCUT2D eigenvalue weighted by Gasteiger charge is -2.32. The summed E-state index contributed by atoms with van der Waals surface area (Å²) in [5.74, 6) is 0.0240. The number of hydrogen-bond acceptors (Lipinski definition) is 7. The van der Waals surface area contributed by atoms with Crippen molar-refractivity contribution in [3.05, 3.63) is 51.1 Å². The van der Waals surface area contributed by atoms with Gasteiger partial charge < -0.3 is 4.90 Å². The molecular formula is C18H15N5O2S2. The molecule has 0 N–H and O–H groups in total. The van der Waals surface area contributed by atoms with Crippen LogP contribution in [0.5, 0.6) is 0 Å². The van der Waals surface area contributed by atoms with E-state index < -0.39 is 0 Å². The summed E-state index contributed by atoms with van der Waals surface area (Å²) in [7, 11) is 0. The number of fused-ring (bicyclic) bond motifs is 2. The SMILES string of the molecule is O=C(c1ccc2ncsc2c1)N1CCC(n2nnc3ccsc3c2=O)CC1. The molecular weight excluding hydrogens is 382 g/mol. The van der Waals surface area contributed by atoms with Crippen LogP contribution < -0.4 is 5.56 Å². The highest BCUT2D eigenvalue weighted by molar-refractivity contribution is 7.17. The van der Waals surface area contributed by atoms with Crippen molar-refractivity contribution < 1.29 is 4.79 Å². The zero-order chi connectivity index (χ0) is 18.4. The van der Waals surface area contributed by atoms with E-state index in [9.17, 15) is 9.59 Å². The summed E-state index contributed by atoms with van der Waals surface area (Å²) < 4.78 is 3.15. The molecule has 1 amide bonds. The van der Waals surface area contributed by atoms with Crippen LogP contribution in [0.4, 0.5) is 0 Å². The minimum atomic E-state index is -0.0876. The number of thiazole rings is 1. The van der Waals surface area contributed by atoms with Gasteiger partial charge >= 0.3 is 0 Å². The van der Waals surface area contributed by atoms with Crippen molar-refractivity contribution in [3.8, 4) is 0 Å². The van der Waals surface area contributed by atoms with Gasteiger partial charge in [-0.15, -0.1) is 27.8 Å². The van der Waals surface area contributed by atoms with Gasteiger partial charge in [-0.05, 0) is 42.5 Å². The number of hydrogen-bond donors (Lipinski definition) is 0. The molecule has 0 aliphatic carbocycles. The fourth-order valence-electron chi connectivity index (χ4n) is 3.51. The average Bonchev–Trinajstić information content (AvgIpc) is 3.37. The Morgan fingerprint density at radius 2 is 1.96 bits per heavy atom. The van der Waals surface area contributed by atoms with Crippen LogP contribution in [0.25, 0.3) is 20.4 Å². The number of carbonyl (C=O) groups excluding carboxylic acids is 1. The number of aromatic nitrogens is 4. The van der Waals surface area contributed by atoms with Crippen LogP contribution in [0.3, 0.4) is 0 Å². The minimum absolute atomic E-state index is 0.0236. The van der Waals surface area contributed by atoms with Gasteiger partial charge in [0.15, 0.2) is 0 Å². The largest absolute Gasteiger partial charge is 0.338 e. The van der Waals surface area contributed by atoms with Gasteiger partial charge in [-0.1, -0.05) is 5.21 Å². The summed E-state index contributed by atoms with van der Waals surface area (Å²) in [5, 5.41) is 10.1. The number of thiophene rings is 1. The Kier molecular flexibility index (Phi) is 3.98. The zero-order valence-electron chi connectivity index (χ0n) is 14.2. The highest BCUT2D eigenvalue weighted by atomic mass is 32.1. The topological polar surface area (TPSA) is 81.0 Å². The molecule has 1 aromatic carbocycles. The maximum atomic E-state index is 12.8. The third-order valence-corrected chi connectivity index (χ3v) is 6.65. The first-order chi connectivity index (χ1) is 13.2. The van der Waals surface area contributed by atoms with Gasteiger partial charge in [0.1, 0.15) is 10.2 Å². The second-order valence-corrected chi connectivity index (χ2v) is 8.33. The van der Waals surface area contributed by atoms with E-state index in [1.165, 1.54) is 27.4 Å². The van der Waals surface area contributed by atoms with Crippen molar-refractivity contribution in [3.63, 3.8) is 0 Å². The summed E-state index contributed by atoms with van der Waals surface area (Å²) in [6.45, 7) is 1.20. The van der Waals surface area contributed by atoms with Crippen molar-refractivity contribution >= 4 is 49.0 Å². The lowest BCUT2D eigenvalue weighted by atomic mass is 10.0. The maximum absolute atomic E-state index is 12.8. The maximum Gasteiger partial charge on any atom is 0.287 e. The van der Waals surface area contributed by atoms with Gasteiger partial charge in [0.05, 0.1) is 21.8 Å². The molecule has 1 aliphatic rings. The molecule has 0 radical (unpaired) electrons. The van der Waals surface area contributed by atoms with Gasteiger partial charge in [0.2, 0.25) is 0 Å². The van der Waals surface area contributed by atoms with Gasteiger partial charge in [0.25, 0.3) is 11.5 Å². The molecule has 136 valence electrons. The molecule has 9 heteroatoms. The predicted molar refractivity (Wildman–Crippen MR) is 105 cm³/mol. The Labute approximate surface area is 161 Å². The summed E-state index contributed by atoms with van der Waals surface area (Å²) in [4.78, 5) is 31.5. The van der Waals surface area contributed by atoms with E-state index in [1.54, 1.807) is 11.6 Å². The lowest BCUT2D eigenvalue weighted by molar-refractivity contribution is 0.0687. The van der Waals surface area contributed by atoms with Gasteiger partial charge in [-0.3, -0.25) is 9.59 Å². The monoisotopic (exact) mass is 397 g/mol. The molecule has 27 heavy (non-hydrogen) atoms. The Morgan fingerprint density at radius 3 is 2.81 bits per heavy atom. The molecule has 1 saturated heterocycles. The fourth-order valence-corrected chi connectivity index (χ4v) is 4.98. The van der Waals surface area contributed by atoms with E-state index in [4.69, 9.17) is 0 Å². The summed E-state index contributed by atoms with van der Waals surface area (Å²) in [6, 6.07) is 7.40. The highest BCUT2D eigenvalue weighted by Crippen LogP contribution is 2.24. The normalized spacial score (nSPS) is 15.6. The molecule has 0 unspecified atom stereocenters. The van der Waals surface area contributed by atoms with Gasteiger partial charge in [0, 0.05) is 18.7 Å². The summed E-state index contributed by atoms with van der Waals surface area (Å²) in [6.07, 6.45) is 1.39. The quantitative estimate of drug-likeness (QED) is 0.519. The Morgan fingerprint density at radius 1 is 1.11 bits per heavy atom. The molecule has 5 rings (SSSR count). The molecule has 7 nitrogen and oxygen atoms in total. The number of nitrogens with zero attached hydrogens (tertiary/aromatic N) is 5. The second-order valence-electron chi connectivity index (χ2n) is 6.53. The van der Waals surface area contributed by atoms with E-state index in [0.717, 1.165) is 10.2 Å². The molecule has 0 atom stereocenters. The van der Waals surface area contributed by atoms with Crippen LogP contribution in [-0.4, -0.2) is 43.9 Å². The zero-order valence-corrected chi connectivity index (χ0v) is 15.9. The van der Waals surface area contributed by atoms with E-state index in [2.05, 4.69) is 15.3 Å². The highest BCUT2D eigenvalue weighted by Gasteiger charge is 2.26. The molecule has 0 saturated carbocycles. The van der Waals surface area contributed by atoms with Crippen molar-refractivity contribution in [2.75, 3.05) is 13.1 Å². The van der Waals surface area contributed by atoms with Crippen LogP contribution in [-0.2, 0) is 0 Å². The number of amides is 1. The minimum Gasteiger partial charge on any atom is -0.338 e. The fraction of sp³-hybridized carbons (Fsp3) is 0.278.